The second kappa shape index (κ2) is 10.1. The van der Waals surface area contributed by atoms with Crippen molar-refractivity contribution in [2.24, 2.45) is 5.73 Å². The Balaban J connectivity index is 0.00000256. The van der Waals surface area contributed by atoms with Crippen molar-refractivity contribution in [3.63, 3.8) is 0 Å². The normalized spacial score (nSPS) is 21.1. The summed E-state index contributed by atoms with van der Waals surface area (Å²) in [5, 5.41) is 14.9. The summed E-state index contributed by atoms with van der Waals surface area (Å²) in [4.78, 5) is 4.92. The SMILES string of the molecule is COc1ccccc1Cc1nc([C@H]2CC[C@@H](O)[C@H](N)C2)n(Cc2ccccc2)n1.Cl. The maximum Gasteiger partial charge on any atom is 0.155 e. The van der Waals surface area contributed by atoms with Gasteiger partial charge in [0.1, 0.15) is 11.6 Å². The van der Waals surface area contributed by atoms with Gasteiger partial charge in [0.25, 0.3) is 0 Å². The fraction of sp³-hybridized carbons (Fsp3) is 0.391. The number of methoxy groups -OCH3 is 1. The first-order chi connectivity index (χ1) is 14.1. The van der Waals surface area contributed by atoms with Gasteiger partial charge in [0.05, 0.1) is 19.8 Å². The molecule has 0 spiro atoms. The first-order valence-corrected chi connectivity index (χ1v) is 10.2. The molecule has 0 aliphatic heterocycles. The Morgan fingerprint density at radius 1 is 1.10 bits per heavy atom. The monoisotopic (exact) mass is 428 g/mol. The van der Waals surface area contributed by atoms with Crippen LogP contribution >= 0.6 is 12.4 Å². The van der Waals surface area contributed by atoms with Crippen LogP contribution in [0.25, 0.3) is 0 Å². The maximum atomic E-state index is 10.0. The quantitative estimate of drug-likeness (QED) is 0.629. The van der Waals surface area contributed by atoms with Gasteiger partial charge in [-0.15, -0.1) is 12.4 Å². The number of ether oxygens (including phenoxy) is 1. The van der Waals surface area contributed by atoms with Gasteiger partial charge in [-0.1, -0.05) is 48.5 Å². The molecule has 1 aliphatic rings. The van der Waals surface area contributed by atoms with Crippen molar-refractivity contribution in [3.8, 4) is 5.75 Å². The van der Waals surface area contributed by atoms with E-state index in [1.165, 1.54) is 5.56 Å². The molecule has 4 rings (SSSR count). The van der Waals surface area contributed by atoms with E-state index in [1.54, 1.807) is 7.11 Å². The van der Waals surface area contributed by atoms with E-state index in [2.05, 4.69) is 12.1 Å². The molecule has 1 saturated carbocycles. The van der Waals surface area contributed by atoms with E-state index in [-0.39, 0.29) is 24.4 Å². The summed E-state index contributed by atoms with van der Waals surface area (Å²) in [7, 11) is 1.68. The van der Waals surface area contributed by atoms with Crippen molar-refractivity contribution in [2.75, 3.05) is 7.11 Å². The van der Waals surface area contributed by atoms with Crippen molar-refractivity contribution in [3.05, 3.63) is 77.4 Å². The fourth-order valence-electron chi connectivity index (χ4n) is 4.10. The number of halogens is 1. The molecule has 160 valence electrons. The van der Waals surface area contributed by atoms with E-state index in [1.807, 2.05) is 47.1 Å². The molecule has 1 fully saturated rings. The van der Waals surface area contributed by atoms with Crippen molar-refractivity contribution >= 4 is 12.4 Å². The molecule has 0 amide bonds. The van der Waals surface area contributed by atoms with Gasteiger partial charge in [-0.2, -0.15) is 5.10 Å². The third kappa shape index (κ3) is 5.01. The molecule has 0 radical (unpaired) electrons. The van der Waals surface area contributed by atoms with Gasteiger partial charge in [0.15, 0.2) is 5.82 Å². The summed E-state index contributed by atoms with van der Waals surface area (Å²) >= 11 is 0. The van der Waals surface area contributed by atoms with Gasteiger partial charge in [-0.25, -0.2) is 9.67 Å². The maximum absolute atomic E-state index is 10.0. The lowest BCUT2D eigenvalue weighted by Crippen LogP contribution is -2.40. The van der Waals surface area contributed by atoms with E-state index in [4.69, 9.17) is 20.6 Å². The standard InChI is InChI=1S/C23H28N4O2.ClH/c1-29-21-10-6-5-9-17(21)14-22-25-23(18-11-12-20(28)19(24)13-18)27(26-22)15-16-7-3-2-4-8-16;/h2-10,18-20,28H,11-15,24H2,1H3;1H/t18-,19+,20+;/m0./s1. The molecule has 1 aromatic heterocycles. The number of hydrogen-bond acceptors (Lipinski definition) is 5. The number of aromatic nitrogens is 3. The highest BCUT2D eigenvalue weighted by Gasteiger charge is 2.31. The molecular formula is C23H29ClN4O2. The van der Waals surface area contributed by atoms with Gasteiger partial charge >= 0.3 is 0 Å². The van der Waals surface area contributed by atoms with Crippen LogP contribution < -0.4 is 10.5 Å². The lowest BCUT2D eigenvalue weighted by atomic mass is 9.83. The molecule has 3 atom stereocenters. The lowest BCUT2D eigenvalue weighted by Gasteiger charge is -2.30. The molecule has 30 heavy (non-hydrogen) atoms. The Morgan fingerprint density at radius 2 is 1.83 bits per heavy atom. The van der Waals surface area contributed by atoms with Crippen LogP contribution in [0, 0.1) is 0 Å². The summed E-state index contributed by atoms with van der Waals surface area (Å²) in [5.74, 6) is 2.79. The Kier molecular flexibility index (Phi) is 7.48. The van der Waals surface area contributed by atoms with Crippen LogP contribution in [-0.4, -0.2) is 39.1 Å². The van der Waals surface area contributed by atoms with Crippen LogP contribution in [0.3, 0.4) is 0 Å². The van der Waals surface area contributed by atoms with Crippen LogP contribution in [0.1, 0.15) is 48.0 Å². The molecule has 1 heterocycles. The fourth-order valence-corrected chi connectivity index (χ4v) is 4.10. The number of para-hydroxylation sites is 1. The van der Waals surface area contributed by atoms with Gasteiger partial charge in [-0.05, 0) is 30.9 Å². The summed E-state index contributed by atoms with van der Waals surface area (Å²) in [6.07, 6.45) is 2.48. The molecule has 6 nitrogen and oxygen atoms in total. The average molecular weight is 429 g/mol. The second-order valence-electron chi connectivity index (χ2n) is 7.76. The minimum Gasteiger partial charge on any atom is -0.496 e. The minimum absolute atomic E-state index is 0. The minimum atomic E-state index is -0.426. The molecule has 3 N–H and O–H groups in total. The van der Waals surface area contributed by atoms with Crippen molar-refractivity contribution in [1.29, 1.82) is 0 Å². The van der Waals surface area contributed by atoms with Gasteiger partial charge < -0.3 is 15.6 Å². The Labute approximate surface area is 183 Å². The summed E-state index contributed by atoms with van der Waals surface area (Å²) in [6.45, 7) is 0.670. The number of aliphatic hydroxyl groups excluding tert-OH is 1. The summed E-state index contributed by atoms with van der Waals surface area (Å²) in [6, 6.07) is 18.0. The zero-order valence-electron chi connectivity index (χ0n) is 17.1. The number of hydrogen-bond donors (Lipinski definition) is 2. The van der Waals surface area contributed by atoms with Crippen molar-refractivity contribution in [2.45, 2.75) is 50.3 Å². The van der Waals surface area contributed by atoms with Gasteiger partial charge in [-0.3, -0.25) is 0 Å². The van der Waals surface area contributed by atoms with Crippen molar-refractivity contribution < 1.29 is 9.84 Å². The Bertz CT molecular complexity index is 947. The molecule has 2 aromatic carbocycles. The highest BCUT2D eigenvalue weighted by atomic mass is 35.5. The van der Waals surface area contributed by atoms with Crippen LogP contribution in [0.15, 0.2) is 54.6 Å². The first-order valence-electron chi connectivity index (χ1n) is 10.2. The molecule has 0 saturated heterocycles. The van der Waals surface area contributed by atoms with Crippen LogP contribution in [-0.2, 0) is 13.0 Å². The third-order valence-electron chi connectivity index (χ3n) is 5.69. The van der Waals surface area contributed by atoms with Crippen LogP contribution in [0.4, 0.5) is 0 Å². The van der Waals surface area contributed by atoms with E-state index in [0.29, 0.717) is 19.4 Å². The molecule has 0 bridgehead atoms. The summed E-state index contributed by atoms with van der Waals surface area (Å²) < 4.78 is 7.49. The lowest BCUT2D eigenvalue weighted by molar-refractivity contribution is 0.0985. The third-order valence-corrected chi connectivity index (χ3v) is 5.69. The van der Waals surface area contributed by atoms with E-state index < -0.39 is 6.10 Å². The predicted octanol–water partition coefficient (Wildman–Crippen LogP) is 3.30. The largest absolute Gasteiger partial charge is 0.496 e. The first kappa shape index (κ1) is 22.3. The number of nitrogens with zero attached hydrogens (tertiary/aromatic N) is 3. The molecule has 7 heteroatoms. The van der Waals surface area contributed by atoms with Gasteiger partial charge in [0.2, 0.25) is 0 Å². The highest BCUT2D eigenvalue weighted by Crippen LogP contribution is 2.32. The average Bonchev–Trinajstić information content (AvgIpc) is 3.13. The van der Waals surface area contributed by atoms with Crippen molar-refractivity contribution in [1.82, 2.24) is 14.8 Å². The van der Waals surface area contributed by atoms with E-state index in [0.717, 1.165) is 35.8 Å². The number of aliphatic hydroxyl groups is 1. The topological polar surface area (TPSA) is 86.2 Å². The zero-order chi connectivity index (χ0) is 20.2. The zero-order valence-corrected chi connectivity index (χ0v) is 18.0. The predicted molar refractivity (Wildman–Crippen MR) is 119 cm³/mol. The molecular weight excluding hydrogens is 400 g/mol. The van der Waals surface area contributed by atoms with Crippen LogP contribution in [0.2, 0.25) is 0 Å². The second-order valence-corrected chi connectivity index (χ2v) is 7.76. The van der Waals surface area contributed by atoms with E-state index in [9.17, 15) is 5.11 Å². The molecule has 0 unspecified atom stereocenters. The Hall–Kier alpha value is -2.41. The number of benzene rings is 2. The molecule has 1 aliphatic carbocycles. The van der Waals surface area contributed by atoms with Gasteiger partial charge in [0, 0.05) is 23.9 Å². The Morgan fingerprint density at radius 3 is 2.57 bits per heavy atom. The summed E-state index contributed by atoms with van der Waals surface area (Å²) in [5.41, 5.74) is 8.40. The molecule has 3 aromatic rings. The van der Waals surface area contributed by atoms with Crippen LogP contribution in [0.5, 0.6) is 5.75 Å². The highest BCUT2D eigenvalue weighted by molar-refractivity contribution is 5.85. The smallest absolute Gasteiger partial charge is 0.155 e. The number of nitrogens with two attached hydrogens (primary N) is 1. The number of rotatable bonds is 6. The van der Waals surface area contributed by atoms with E-state index >= 15 is 0 Å².